The van der Waals surface area contributed by atoms with E-state index in [4.69, 9.17) is 22.0 Å². The Morgan fingerprint density at radius 1 is 1.62 bits per heavy atom. The van der Waals surface area contributed by atoms with Gasteiger partial charge in [-0.15, -0.1) is 0 Å². The van der Waals surface area contributed by atoms with Gasteiger partial charge >= 0.3 is 5.97 Å². The number of carboxylic acids is 1. The Kier molecular flexibility index (Phi) is 2.49. The van der Waals surface area contributed by atoms with Crippen molar-refractivity contribution in [2.24, 2.45) is 0 Å². The fourth-order valence-electron chi connectivity index (χ4n) is 0.796. The van der Waals surface area contributed by atoms with E-state index in [0.717, 1.165) is 12.1 Å². The molecule has 5 heteroatoms. The van der Waals surface area contributed by atoms with E-state index in [1.807, 2.05) is 0 Å². The summed E-state index contributed by atoms with van der Waals surface area (Å²) < 4.78 is 12.8. The summed E-state index contributed by atoms with van der Waals surface area (Å²) in [4.78, 5) is 10.4. The van der Waals surface area contributed by atoms with Gasteiger partial charge in [-0.3, -0.25) is 0 Å². The van der Waals surface area contributed by atoms with Gasteiger partial charge in [-0.05, 0) is 12.1 Å². The Morgan fingerprint density at radius 3 is 2.69 bits per heavy atom. The molecule has 1 N–H and O–H groups in total. The standard InChI is InChI=1S/C8H3ClFNO2/c9-6-1-4(3-11)7(10)2-5(6)8(12)13/h1-2H,(H,12,13). The summed E-state index contributed by atoms with van der Waals surface area (Å²) in [6.07, 6.45) is 0. The van der Waals surface area contributed by atoms with Crippen LogP contribution in [0.2, 0.25) is 5.02 Å². The van der Waals surface area contributed by atoms with Crippen molar-refractivity contribution < 1.29 is 14.3 Å². The van der Waals surface area contributed by atoms with Crippen molar-refractivity contribution in [2.75, 3.05) is 0 Å². The van der Waals surface area contributed by atoms with Crippen LogP contribution in [0.15, 0.2) is 12.1 Å². The van der Waals surface area contributed by atoms with E-state index >= 15 is 0 Å². The van der Waals surface area contributed by atoms with Gasteiger partial charge in [0.05, 0.1) is 16.1 Å². The number of carbonyl (C=O) groups is 1. The van der Waals surface area contributed by atoms with E-state index in [1.165, 1.54) is 0 Å². The minimum absolute atomic E-state index is 0.148. The van der Waals surface area contributed by atoms with Crippen LogP contribution in [0.4, 0.5) is 4.39 Å². The second-order valence-electron chi connectivity index (χ2n) is 2.23. The first-order valence-electron chi connectivity index (χ1n) is 3.18. The molecule has 0 atom stereocenters. The van der Waals surface area contributed by atoms with E-state index in [2.05, 4.69) is 0 Å². The summed E-state index contributed by atoms with van der Waals surface area (Å²) in [6.45, 7) is 0. The van der Waals surface area contributed by atoms with Crippen molar-refractivity contribution in [3.8, 4) is 6.07 Å². The number of hydrogen-bond donors (Lipinski definition) is 1. The van der Waals surface area contributed by atoms with Crippen molar-refractivity contribution in [1.82, 2.24) is 0 Å². The summed E-state index contributed by atoms with van der Waals surface area (Å²) in [6, 6.07) is 3.26. The molecule has 13 heavy (non-hydrogen) atoms. The van der Waals surface area contributed by atoms with Crippen LogP contribution in [0.3, 0.4) is 0 Å². The zero-order chi connectivity index (χ0) is 10.0. The van der Waals surface area contributed by atoms with E-state index in [-0.39, 0.29) is 16.1 Å². The largest absolute Gasteiger partial charge is 0.478 e. The normalized spacial score (nSPS) is 9.31. The van der Waals surface area contributed by atoms with Crippen LogP contribution in [0.25, 0.3) is 0 Å². The number of rotatable bonds is 1. The van der Waals surface area contributed by atoms with Crippen LogP contribution < -0.4 is 0 Å². The maximum Gasteiger partial charge on any atom is 0.337 e. The Morgan fingerprint density at radius 2 is 2.23 bits per heavy atom. The molecule has 0 radical (unpaired) electrons. The number of benzene rings is 1. The number of hydrogen-bond acceptors (Lipinski definition) is 2. The number of carboxylic acid groups (broad SMARTS) is 1. The van der Waals surface area contributed by atoms with Gasteiger partial charge in [0.15, 0.2) is 0 Å². The molecule has 3 nitrogen and oxygen atoms in total. The second-order valence-corrected chi connectivity index (χ2v) is 2.64. The lowest BCUT2D eigenvalue weighted by Gasteiger charge is -1.99. The number of nitriles is 1. The van der Waals surface area contributed by atoms with E-state index in [1.54, 1.807) is 6.07 Å². The van der Waals surface area contributed by atoms with Gasteiger partial charge in [0.25, 0.3) is 0 Å². The predicted octanol–water partition coefficient (Wildman–Crippen LogP) is 2.05. The Labute approximate surface area is 78.0 Å². The highest BCUT2D eigenvalue weighted by molar-refractivity contribution is 6.33. The lowest BCUT2D eigenvalue weighted by atomic mass is 10.1. The van der Waals surface area contributed by atoms with Crippen LogP contribution in [-0.2, 0) is 0 Å². The zero-order valence-electron chi connectivity index (χ0n) is 6.21. The molecule has 0 saturated carbocycles. The summed E-state index contributed by atoms with van der Waals surface area (Å²) >= 11 is 5.48. The van der Waals surface area contributed by atoms with Gasteiger partial charge in [-0.1, -0.05) is 11.6 Å². The fourth-order valence-corrected chi connectivity index (χ4v) is 1.04. The van der Waals surface area contributed by atoms with Crippen LogP contribution in [-0.4, -0.2) is 11.1 Å². The summed E-state index contributed by atoms with van der Waals surface area (Å²) in [5, 5.41) is 16.7. The molecule has 0 bridgehead atoms. The van der Waals surface area contributed by atoms with Gasteiger partial charge in [-0.25, -0.2) is 9.18 Å². The van der Waals surface area contributed by atoms with Crippen molar-refractivity contribution in [1.29, 1.82) is 5.26 Å². The molecular formula is C8H3ClFNO2. The highest BCUT2D eigenvalue weighted by Crippen LogP contribution is 2.20. The third-order valence-electron chi connectivity index (χ3n) is 1.41. The predicted molar refractivity (Wildman–Crippen MR) is 43.1 cm³/mol. The minimum Gasteiger partial charge on any atom is -0.478 e. The molecule has 0 unspecified atom stereocenters. The smallest absolute Gasteiger partial charge is 0.337 e. The Bertz CT molecular complexity index is 411. The average Bonchev–Trinajstić information content (AvgIpc) is 2.07. The second kappa shape index (κ2) is 3.42. The third-order valence-corrected chi connectivity index (χ3v) is 1.72. The minimum atomic E-state index is -1.33. The summed E-state index contributed by atoms with van der Waals surface area (Å²) in [5.41, 5.74) is -0.617. The lowest BCUT2D eigenvalue weighted by molar-refractivity contribution is 0.0696. The van der Waals surface area contributed by atoms with Gasteiger partial charge < -0.3 is 5.11 Å². The van der Waals surface area contributed by atoms with Crippen LogP contribution in [0.1, 0.15) is 15.9 Å². The SMILES string of the molecule is N#Cc1cc(Cl)c(C(=O)O)cc1F. The van der Waals surface area contributed by atoms with Crippen LogP contribution in [0.5, 0.6) is 0 Å². The zero-order valence-corrected chi connectivity index (χ0v) is 6.97. The molecule has 1 rings (SSSR count). The monoisotopic (exact) mass is 199 g/mol. The van der Waals surface area contributed by atoms with Gasteiger partial charge in [0.2, 0.25) is 0 Å². The molecule has 0 spiro atoms. The molecule has 0 fully saturated rings. The fraction of sp³-hybridized carbons (Fsp3) is 0. The molecule has 0 aliphatic heterocycles. The van der Waals surface area contributed by atoms with Gasteiger partial charge in [0.1, 0.15) is 11.9 Å². The topological polar surface area (TPSA) is 61.1 Å². The number of halogens is 2. The Hall–Kier alpha value is -1.60. The number of nitrogens with zero attached hydrogens (tertiary/aromatic N) is 1. The quantitative estimate of drug-likeness (QED) is 0.753. The molecule has 66 valence electrons. The van der Waals surface area contributed by atoms with Gasteiger partial charge in [-0.2, -0.15) is 5.26 Å². The molecule has 0 aromatic heterocycles. The lowest BCUT2D eigenvalue weighted by Crippen LogP contribution is -1.99. The molecular weight excluding hydrogens is 197 g/mol. The maximum absolute atomic E-state index is 12.8. The van der Waals surface area contributed by atoms with E-state index < -0.39 is 11.8 Å². The average molecular weight is 200 g/mol. The molecule has 0 saturated heterocycles. The first-order chi connectivity index (χ1) is 6.06. The molecule has 0 aliphatic carbocycles. The third kappa shape index (κ3) is 1.76. The molecule has 0 aliphatic rings. The number of aromatic carboxylic acids is 1. The molecule has 1 aromatic carbocycles. The van der Waals surface area contributed by atoms with Gasteiger partial charge in [0, 0.05) is 0 Å². The maximum atomic E-state index is 12.8. The van der Waals surface area contributed by atoms with Crippen LogP contribution >= 0.6 is 11.6 Å². The van der Waals surface area contributed by atoms with Crippen molar-refractivity contribution >= 4 is 17.6 Å². The summed E-state index contributed by atoms with van der Waals surface area (Å²) in [5.74, 6) is -2.21. The van der Waals surface area contributed by atoms with Crippen LogP contribution in [0, 0.1) is 17.1 Å². The first-order valence-corrected chi connectivity index (χ1v) is 3.56. The van der Waals surface area contributed by atoms with Crippen molar-refractivity contribution in [2.45, 2.75) is 0 Å². The molecule has 1 aromatic rings. The van der Waals surface area contributed by atoms with E-state index in [9.17, 15) is 9.18 Å². The first kappa shape index (κ1) is 9.49. The summed E-state index contributed by atoms with van der Waals surface area (Å²) in [7, 11) is 0. The van der Waals surface area contributed by atoms with Crippen molar-refractivity contribution in [3.63, 3.8) is 0 Å². The highest BCUT2D eigenvalue weighted by atomic mass is 35.5. The molecule has 0 heterocycles. The van der Waals surface area contributed by atoms with Crippen molar-refractivity contribution in [3.05, 3.63) is 34.1 Å². The van der Waals surface area contributed by atoms with E-state index in [0.29, 0.717) is 0 Å². The Balaban J connectivity index is 3.39. The molecule has 0 amide bonds. The highest BCUT2D eigenvalue weighted by Gasteiger charge is 2.13.